The van der Waals surface area contributed by atoms with Crippen molar-refractivity contribution in [1.29, 1.82) is 0 Å². The van der Waals surface area contributed by atoms with Crippen LogP contribution in [0.5, 0.6) is 0 Å². The first-order valence-electron chi connectivity index (χ1n) is 4.44. The number of urea groups is 1. The number of carbonyl (C=O) groups excluding carboxylic acids is 1. The molecule has 6 heteroatoms. The Morgan fingerprint density at radius 2 is 2.33 bits per heavy atom. The zero-order valence-corrected chi connectivity index (χ0v) is 11.0. The fourth-order valence-electron chi connectivity index (χ4n) is 1.11. The van der Waals surface area contributed by atoms with Crippen molar-refractivity contribution < 1.29 is 4.79 Å². The SMILES string of the molecule is CC(C)(CNC(=O)NN)c1cc(Br)cs1. The summed E-state index contributed by atoms with van der Waals surface area (Å²) in [7, 11) is 0. The Bertz CT molecular complexity index is 351. The third-order valence-electron chi connectivity index (χ3n) is 2.06. The van der Waals surface area contributed by atoms with Crippen LogP contribution in [0.3, 0.4) is 0 Å². The van der Waals surface area contributed by atoms with Gasteiger partial charge in [0, 0.05) is 26.7 Å². The summed E-state index contributed by atoms with van der Waals surface area (Å²) < 4.78 is 1.07. The zero-order chi connectivity index (χ0) is 11.5. The summed E-state index contributed by atoms with van der Waals surface area (Å²) in [6.45, 7) is 4.69. The molecule has 0 atom stereocenters. The van der Waals surface area contributed by atoms with Crippen LogP contribution in [0.4, 0.5) is 4.79 Å². The second-order valence-electron chi connectivity index (χ2n) is 3.84. The quantitative estimate of drug-likeness (QED) is 0.453. The Kier molecular flexibility index (Phi) is 4.12. The van der Waals surface area contributed by atoms with Crippen LogP contribution in [-0.4, -0.2) is 12.6 Å². The normalized spacial score (nSPS) is 11.2. The van der Waals surface area contributed by atoms with Crippen molar-refractivity contribution in [1.82, 2.24) is 10.7 Å². The molecule has 0 bridgehead atoms. The van der Waals surface area contributed by atoms with Gasteiger partial charge in [0.25, 0.3) is 0 Å². The Labute approximate surface area is 101 Å². The van der Waals surface area contributed by atoms with E-state index in [1.807, 2.05) is 10.8 Å². The molecule has 0 saturated heterocycles. The minimum atomic E-state index is -0.362. The molecule has 84 valence electrons. The molecule has 15 heavy (non-hydrogen) atoms. The lowest BCUT2D eigenvalue weighted by Crippen LogP contribution is -2.44. The number of hydrazine groups is 1. The topological polar surface area (TPSA) is 67.2 Å². The fourth-order valence-corrected chi connectivity index (χ4v) is 2.66. The third kappa shape index (κ3) is 3.48. The van der Waals surface area contributed by atoms with Crippen molar-refractivity contribution in [3.63, 3.8) is 0 Å². The molecule has 0 unspecified atom stereocenters. The van der Waals surface area contributed by atoms with Crippen molar-refractivity contribution >= 4 is 33.3 Å². The largest absolute Gasteiger partial charge is 0.336 e. The molecule has 4 nitrogen and oxygen atoms in total. The molecule has 1 aromatic heterocycles. The number of carbonyl (C=O) groups is 1. The van der Waals surface area contributed by atoms with E-state index < -0.39 is 0 Å². The molecule has 0 aromatic carbocycles. The van der Waals surface area contributed by atoms with Gasteiger partial charge in [0.1, 0.15) is 0 Å². The van der Waals surface area contributed by atoms with E-state index in [1.165, 1.54) is 4.88 Å². The lowest BCUT2D eigenvalue weighted by Gasteiger charge is -2.23. The minimum absolute atomic E-state index is 0.0941. The van der Waals surface area contributed by atoms with Crippen LogP contribution in [-0.2, 0) is 5.41 Å². The number of amides is 2. The molecule has 0 aliphatic carbocycles. The van der Waals surface area contributed by atoms with E-state index in [9.17, 15) is 4.79 Å². The predicted octanol–water partition coefficient (Wildman–Crippen LogP) is 1.96. The van der Waals surface area contributed by atoms with Crippen LogP contribution in [0.15, 0.2) is 15.9 Å². The maximum atomic E-state index is 10.9. The van der Waals surface area contributed by atoms with E-state index in [1.54, 1.807) is 11.3 Å². The number of rotatable bonds is 3. The van der Waals surface area contributed by atoms with Gasteiger partial charge in [0.05, 0.1) is 0 Å². The van der Waals surface area contributed by atoms with Gasteiger partial charge in [0.15, 0.2) is 0 Å². The Hall–Kier alpha value is -0.590. The fraction of sp³-hybridized carbons (Fsp3) is 0.444. The summed E-state index contributed by atoms with van der Waals surface area (Å²) >= 11 is 5.07. The van der Waals surface area contributed by atoms with Crippen molar-refractivity contribution in [3.05, 3.63) is 20.8 Å². The summed E-state index contributed by atoms with van der Waals surface area (Å²) in [5.74, 6) is 4.98. The van der Waals surface area contributed by atoms with Crippen molar-refractivity contribution in [2.24, 2.45) is 5.84 Å². The van der Waals surface area contributed by atoms with Crippen LogP contribution in [0.25, 0.3) is 0 Å². The Balaban J connectivity index is 2.63. The number of thiophene rings is 1. The Morgan fingerprint density at radius 1 is 1.67 bits per heavy atom. The van der Waals surface area contributed by atoms with Gasteiger partial charge in [0.2, 0.25) is 0 Å². The van der Waals surface area contributed by atoms with E-state index in [0.29, 0.717) is 6.54 Å². The van der Waals surface area contributed by atoms with Crippen molar-refractivity contribution in [2.75, 3.05) is 6.54 Å². The summed E-state index contributed by atoms with van der Waals surface area (Å²) in [4.78, 5) is 12.2. The van der Waals surface area contributed by atoms with E-state index in [4.69, 9.17) is 5.84 Å². The summed E-state index contributed by atoms with van der Waals surface area (Å²) in [6, 6.07) is 1.70. The third-order valence-corrected chi connectivity index (χ3v) is 4.11. The van der Waals surface area contributed by atoms with Crippen LogP contribution in [0, 0.1) is 0 Å². The summed E-state index contributed by atoms with van der Waals surface area (Å²) in [6.07, 6.45) is 0. The van der Waals surface area contributed by atoms with Crippen LogP contribution in [0.2, 0.25) is 0 Å². The lowest BCUT2D eigenvalue weighted by molar-refractivity contribution is 0.238. The second-order valence-corrected chi connectivity index (χ2v) is 5.67. The van der Waals surface area contributed by atoms with E-state index in [-0.39, 0.29) is 11.4 Å². The highest BCUT2D eigenvalue weighted by atomic mass is 79.9. The Morgan fingerprint density at radius 3 is 2.80 bits per heavy atom. The molecule has 0 radical (unpaired) electrons. The number of nitrogens with two attached hydrogens (primary N) is 1. The van der Waals surface area contributed by atoms with Crippen molar-refractivity contribution in [2.45, 2.75) is 19.3 Å². The van der Waals surface area contributed by atoms with E-state index in [0.717, 1.165) is 4.47 Å². The van der Waals surface area contributed by atoms with E-state index >= 15 is 0 Å². The molecule has 1 rings (SSSR count). The molecule has 0 aliphatic rings. The van der Waals surface area contributed by atoms with Gasteiger partial charge in [-0.1, -0.05) is 13.8 Å². The highest BCUT2D eigenvalue weighted by Gasteiger charge is 2.22. The van der Waals surface area contributed by atoms with Gasteiger partial charge in [-0.25, -0.2) is 10.6 Å². The van der Waals surface area contributed by atoms with Gasteiger partial charge in [-0.3, -0.25) is 5.43 Å². The molecular formula is C9H14BrN3OS. The number of nitrogens with one attached hydrogen (secondary N) is 2. The zero-order valence-electron chi connectivity index (χ0n) is 8.63. The van der Waals surface area contributed by atoms with Crippen LogP contribution >= 0.6 is 27.3 Å². The second kappa shape index (κ2) is 4.96. The van der Waals surface area contributed by atoms with Crippen LogP contribution in [0.1, 0.15) is 18.7 Å². The number of hydrogen-bond acceptors (Lipinski definition) is 3. The maximum Gasteiger partial charge on any atom is 0.328 e. The molecule has 4 N–H and O–H groups in total. The van der Waals surface area contributed by atoms with Crippen molar-refractivity contribution in [3.8, 4) is 0 Å². The maximum absolute atomic E-state index is 10.9. The summed E-state index contributed by atoms with van der Waals surface area (Å²) in [5, 5.41) is 4.72. The molecule has 0 spiro atoms. The first-order valence-corrected chi connectivity index (χ1v) is 6.12. The molecular weight excluding hydrogens is 278 g/mol. The highest BCUT2D eigenvalue weighted by molar-refractivity contribution is 9.10. The average Bonchev–Trinajstić information content (AvgIpc) is 2.62. The average molecular weight is 292 g/mol. The molecule has 1 heterocycles. The van der Waals surface area contributed by atoms with E-state index in [2.05, 4.69) is 41.2 Å². The van der Waals surface area contributed by atoms with Crippen LogP contribution < -0.4 is 16.6 Å². The number of halogens is 1. The lowest BCUT2D eigenvalue weighted by atomic mass is 9.91. The first kappa shape index (κ1) is 12.5. The van der Waals surface area contributed by atoms with Gasteiger partial charge in [-0.2, -0.15) is 0 Å². The van der Waals surface area contributed by atoms with Gasteiger partial charge in [-0.05, 0) is 22.0 Å². The summed E-state index contributed by atoms with van der Waals surface area (Å²) in [5.41, 5.74) is 1.94. The smallest absolute Gasteiger partial charge is 0.328 e. The number of hydrogen-bond donors (Lipinski definition) is 3. The minimum Gasteiger partial charge on any atom is -0.336 e. The monoisotopic (exact) mass is 291 g/mol. The standard InChI is InChI=1S/C9H14BrN3OS/c1-9(2,5-12-8(14)13-11)7-3-6(10)4-15-7/h3-4H,5,11H2,1-2H3,(H2,12,13,14). The van der Waals surface area contributed by atoms with Gasteiger partial charge >= 0.3 is 6.03 Å². The van der Waals surface area contributed by atoms with Gasteiger partial charge < -0.3 is 5.32 Å². The molecule has 1 aromatic rings. The van der Waals surface area contributed by atoms with Gasteiger partial charge in [-0.15, -0.1) is 11.3 Å². The first-order chi connectivity index (χ1) is 6.95. The molecule has 2 amide bonds. The molecule has 0 saturated carbocycles. The predicted molar refractivity (Wildman–Crippen MR) is 65.8 cm³/mol. The molecule has 0 fully saturated rings. The molecule has 0 aliphatic heterocycles. The highest BCUT2D eigenvalue weighted by Crippen LogP contribution is 2.30.